The second-order valence-corrected chi connectivity index (χ2v) is 2.27. The van der Waals surface area contributed by atoms with Crippen LogP contribution in [0.1, 0.15) is 5.56 Å². The molecule has 0 atom stereocenters. The molecule has 62 valence electrons. The summed E-state index contributed by atoms with van der Waals surface area (Å²) in [4.78, 5) is 9.99. The number of carbonyl (C=O) groups excluding carboxylic acids is 1. The van der Waals surface area contributed by atoms with Crippen molar-refractivity contribution < 1.29 is 9.53 Å². The number of hydrogen-bond acceptors (Lipinski definition) is 2. The molecule has 0 saturated carbocycles. The summed E-state index contributed by atoms with van der Waals surface area (Å²) < 4.78 is 4.98. The zero-order chi connectivity index (χ0) is 8.81. The van der Waals surface area contributed by atoms with Crippen molar-refractivity contribution in [1.29, 1.82) is 0 Å². The summed E-state index contributed by atoms with van der Waals surface area (Å²) in [5.41, 5.74) is 0.989. The van der Waals surface area contributed by atoms with E-state index in [0.717, 1.165) is 17.6 Å². The van der Waals surface area contributed by atoms with Crippen LogP contribution in [0.25, 0.3) is 6.08 Å². The molecule has 1 rings (SSSR count). The zero-order valence-electron chi connectivity index (χ0n) is 6.86. The van der Waals surface area contributed by atoms with E-state index >= 15 is 0 Å². The van der Waals surface area contributed by atoms with Gasteiger partial charge in [-0.3, -0.25) is 4.79 Å². The Bertz CT molecular complexity index is 272. The van der Waals surface area contributed by atoms with Gasteiger partial charge in [-0.15, -0.1) is 0 Å². The molecule has 2 nitrogen and oxygen atoms in total. The zero-order valence-corrected chi connectivity index (χ0v) is 6.86. The predicted octanol–water partition coefficient (Wildman–Crippen LogP) is 1.91. The van der Waals surface area contributed by atoms with Gasteiger partial charge in [0.05, 0.1) is 7.11 Å². The van der Waals surface area contributed by atoms with Gasteiger partial charge >= 0.3 is 0 Å². The van der Waals surface area contributed by atoms with E-state index in [1.807, 2.05) is 24.3 Å². The first-order valence-electron chi connectivity index (χ1n) is 3.62. The summed E-state index contributed by atoms with van der Waals surface area (Å²) in [5.74, 6) is 0.818. The van der Waals surface area contributed by atoms with Gasteiger partial charge in [0, 0.05) is 0 Å². The second-order valence-electron chi connectivity index (χ2n) is 2.27. The van der Waals surface area contributed by atoms with Gasteiger partial charge in [0.15, 0.2) is 0 Å². The fraction of sp³-hybridized carbons (Fsp3) is 0.100. The molecule has 0 fully saturated rings. The first kappa shape index (κ1) is 8.53. The highest BCUT2D eigenvalue weighted by Gasteiger charge is 1.88. The van der Waals surface area contributed by atoms with Crippen LogP contribution >= 0.6 is 0 Å². The van der Waals surface area contributed by atoms with Crippen LogP contribution in [0.2, 0.25) is 0 Å². The van der Waals surface area contributed by atoms with Gasteiger partial charge in [-0.1, -0.05) is 18.2 Å². The van der Waals surface area contributed by atoms with Crippen LogP contribution in [0.3, 0.4) is 0 Å². The summed E-state index contributed by atoms with van der Waals surface area (Å²) in [5, 5.41) is 0. The van der Waals surface area contributed by atoms with Crippen LogP contribution < -0.4 is 4.74 Å². The number of ether oxygens (including phenoxy) is 1. The lowest BCUT2D eigenvalue weighted by atomic mass is 10.2. The molecule has 1 aromatic carbocycles. The lowest BCUT2D eigenvalue weighted by Gasteiger charge is -1.98. The lowest BCUT2D eigenvalue weighted by molar-refractivity contribution is -0.104. The molecular weight excluding hydrogens is 152 g/mol. The normalized spacial score (nSPS) is 10.1. The molecule has 1 aromatic rings. The largest absolute Gasteiger partial charge is 0.497 e. The molecule has 0 aliphatic rings. The minimum absolute atomic E-state index is 0.754. The Morgan fingerprint density at radius 2 is 1.92 bits per heavy atom. The van der Waals surface area contributed by atoms with Crippen LogP contribution in [0, 0.1) is 0 Å². The predicted molar refractivity (Wildman–Crippen MR) is 48.1 cm³/mol. The highest BCUT2D eigenvalue weighted by Crippen LogP contribution is 2.11. The van der Waals surface area contributed by atoms with Crippen molar-refractivity contribution in [2.45, 2.75) is 0 Å². The fourth-order valence-corrected chi connectivity index (χ4v) is 0.865. The van der Waals surface area contributed by atoms with Crippen LogP contribution in [0.4, 0.5) is 0 Å². The Kier molecular flexibility index (Phi) is 3.08. The van der Waals surface area contributed by atoms with Gasteiger partial charge < -0.3 is 4.74 Å². The fourth-order valence-electron chi connectivity index (χ4n) is 0.865. The molecule has 0 spiro atoms. The van der Waals surface area contributed by atoms with Crippen LogP contribution in [-0.2, 0) is 4.79 Å². The maximum absolute atomic E-state index is 9.99. The first-order chi connectivity index (χ1) is 5.86. The van der Waals surface area contributed by atoms with Crippen molar-refractivity contribution >= 4 is 12.4 Å². The van der Waals surface area contributed by atoms with E-state index in [1.54, 1.807) is 13.2 Å². The smallest absolute Gasteiger partial charge is 0.142 e. The van der Waals surface area contributed by atoms with Crippen molar-refractivity contribution in [3.63, 3.8) is 0 Å². The first-order valence-corrected chi connectivity index (χ1v) is 3.62. The molecule has 0 heterocycles. The van der Waals surface area contributed by atoms with Crippen molar-refractivity contribution in [2.75, 3.05) is 7.11 Å². The highest BCUT2D eigenvalue weighted by molar-refractivity contribution is 5.73. The van der Waals surface area contributed by atoms with Crippen LogP contribution in [0.15, 0.2) is 30.3 Å². The highest BCUT2D eigenvalue weighted by atomic mass is 16.5. The number of aldehydes is 1. The lowest BCUT2D eigenvalue weighted by Crippen LogP contribution is -1.81. The number of hydrogen-bond donors (Lipinski definition) is 0. The van der Waals surface area contributed by atoms with E-state index in [-0.39, 0.29) is 0 Å². The molecule has 0 N–H and O–H groups in total. The molecule has 0 aliphatic heterocycles. The van der Waals surface area contributed by atoms with E-state index in [2.05, 4.69) is 0 Å². The number of benzene rings is 1. The Balaban J connectivity index is 2.77. The van der Waals surface area contributed by atoms with Gasteiger partial charge in [0.2, 0.25) is 0 Å². The van der Waals surface area contributed by atoms with E-state index < -0.39 is 0 Å². The van der Waals surface area contributed by atoms with Crippen LogP contribution in [-0.4, -0.2) is 13.4 Å². The average molecular weight is 162 g/mol. The number of methoxy groups -OCH3 is 1. The Hall–Kier alpha value is -1.57. The maximum Gasteiger partial charge on any atom is 0.142 e. The molecule has 12 heavy (non-hydrogen) atoms. The van der Waals surface area contributed by atoms with Gasteiger partial charge in [0.1, 0.15) is 12.0 Å². The van der Waals surface area contributed by atoms with Crippen LogP contribution in [0.5, 0.6) is 5.75 Å². The van der Waals surface area contributed by atoms with Gasteiger partial charge in [-0.05, 0) is 23.8 Å². The molecule has 0 aliphatic carbocycles. The van der Waals surface area contributed by atoms with E-state index in [9.17, 15) is 4.79 Å². The summed E-state index contributed by atoms with van der Waals surface area (Å²) in [6.07, 6.45) is 3.96. The van der Waals surface area contributed by atoms with Crippen molar-refractivity contribution in [3.8, 4) is 5.75 Å². The minimum atomic E-state index is 0.754. The Morgan fingerprint density at radius 3 is 2.42 bits per heavy atom. The number of allylic oxidation sites excluding steroid dienone is 1. The molecule has 0 saturated heterocycles. The third-order valence-electron chi connectivity index (χ3n) is 1.48. The second kappa shape index (κ2) is 4.34. The Labute approximate surface area is 71.5 Å². The third kappa shape index (κ3) is 2.23. The molecule has 0 unspecified atom stereocenters. The van der Waals surface area contributed by atoms with Crippen molar-refractivity contribution in [2.24, 2.45) is 0 Å². The van der Waals surface area contributed by atoms with Gasteiger partial charge in [-0.2, -0.15) is 0 Å². The summed E-state index contributed by atoms with van der Waals surface area (Å²) in [7, 11) is 1.62. The Morgan fingerprint density at radius 1 is 1.25 bits per heavy atom. The molecule has 0 aromatic heterocycles. The topological polar surface area (TPSA) is 26.3 Å². The maximum atomic E-state index is 9.99. The molecular formula is C10H10O2. The van der Waals surface area contributed by atoms with E-state index in [4.69, 9.17) is 4.74 Å². The number of rotatable bonds is 3. The molecule has 2 heteroatoms. The van der Waals surface area contributed by atoms with E-state index in [1.165, 1.54) is 6.08 Å². The van der Waals surface area contributed by atoms with E-state index in [0.29, 0.717) is 0 Å². The number of carbonyl (C=O) groups is 1. The molecule has 0 radical (unpaired) electrons. The summed E-state index contributed by atoms with van der Waals surface area (Å²) in [6.45, 7) is 0. The minimum Gasteiger partial charge on any atom is -0.497 e. The average Bonchev–Trinajstić information content (AvgIpc) is 2.15. The van der Waals surface area contributed by atoms with Gasteiger partial charge in [0.25, 0.3) is 0 Å². The standard InChI is InChI=1S/C10H10O2/c1-12-10-6-4-9(5-7-10)3-2-8-11/h2-8H,1H3/b3-2-. The molecule has 0 bridgehead atoms. The monoisotopic (exact) mass is 162 g/mol. The summed E-state index contributed by atoms with van der Waals surface area (Å²) >= 11 is 0. The molecule has 0 amide bonds. The quantitative estimate of drug-likeness (QED) is 0.501. The van der Waals surface area contributed by atoms with Crippen molar-refractivity contribution in [1.82, 2.24) is 0 Å². The summed E-state index contributed by atoms with van der Waals surface area (Å²) in [6, 6.07) is 7.48. The van der Waals surface area contributed by atoms with Gasteiger partial charge in [-0.25, -0.2) is 0 Å². The SMILES string of the molecule is COc1ccc(/C=C\C=O)cc1. The van der Waals surface area contributed by atoms with Crippen molar-refractivity contribution in [3.05, 3.63) is 35.9 Å². The third-order valence-corrected chi connectivity index (χ3v) is 1.48.